The third-order valence-corrected chi connectivity index (χ3v) is 6.37. The molecule has 1 unspecified atom stereocenters. The van der Waals surface area contributed by atoms with Crippen molar-refractivity contribution in [1.29, 1.82) is 0 Å². The zero-order chi connectivity index (χ0) is 17.6. The van der Waals surface area contributed by atoms with Crippen molar-refractivity contribution < 1.29 is 22.9 Å². The summed E-state index contributed by atoms with van der Waals surface area (Å²) in [5.41, 5.74) is 1.08. The number of phosphoric acid groups is 1. The third-order valence-electron chi connectivity index (χ3n) is 3.78. The normalized spacial score (nSPS) is 18.6. The van der Waals surface area contributed by atoms with Crippen LogP contribution in [0.1, 0.15) is 44.6 Å². The minimum atomic E-state index is -3.58. The highest BCUT2D eigenvalue weighted by Crippen LogP contribution is 2.55. The molecule has 0 radical (unpaired) electrons. The molecule has 1 aromatic rings. The molecule has 0 saturated carbocycles. The highest BCUT2D eigenvalue weighted by Gasteiger charge is 2.33. The van der Waals surface area contributed by atoms with Crippen LogP contribution in [0.3, 0.4) is 0 Å². The molecule has 134 valence electrons. The largest absolute Gasteiger partial charge is 0.529 e. The van der Waals surface area contributed by atoms with E-state index in [1.807, 2.05) is 24.3 Å². The van der Waals surface area contributed by atoms with E-state index in [1.54, 1.807) is 21.0 Å². The van der Waals surface area contributed by atoms with Gasteiger partial charge in [-0.2, -0.15) is 0 Å². The van der Waals surface area contributed by atoms with Crippen molar-refractivity contribution in [3.8, 4) is 5.75 Å². The maximum atomic E-state index is 12.6. The summed E-state index contributed by atoms with van der Waals surface area (Å²) in [5, 5.41) is 0. The molecule has 0 aliphatic heterocycles. The molecule has 0 amide bonds. The Morgan fingerprint density at radius 2 is 1.88 bits per heavy atom. The van der Waals surface area contributed by atoms with Crippen LogP contribution in [0, 0.1) is 0 Å². The molecule has 0 N–H and O–H groups in total. The first-order valence-corrected chi connectivity index (χ1v) is 10.4. The molecule has 1 aliphatic carbocycles. The molecule has 2 rings (SSSR count). The second kappa shape index (κ2) is 9.04. The lowest BCUT2D eigenvalue weighted by molar-refractivity contribution is 0.141. The SMILES string of the molecule is CCOP(=O)(OCC)OC1=C(Br)C(c2ccccc2OC)CCC1. The summed E-state index contributed by atoms with van der Waals surface area (Å²) in [6, 6.07) is 7.91. The predicted molar refractivity (Wildman–Crippen MR) is 97.5 cm³/mol. The molecule has 0 saturated heterocycles. The van der Waals surface area contributed by atoms with Crippen molar-refractivity contribution in [2.45, 2.75) is 39.0 Å². The van der Waals surface area contributed by atoms with E-state index in [1.165, 1.54) is 0 Å². The van der Waals surface area contributed by atoms with Crippen LogP contribution in [0.4, 0.5) is 0 Å². The first-order chi connectivity index (χ1) is 11.5. The summed E-state index contributed by atoms with van der Waals surface area (Å²) in [5.74, 6) is 1.56. The minimum Gasteiger partial charge on any atom is -0.496 e. The Balaban J connectivity index is 2.31. The van der Waals surface area contributed by atoms with E-state index in [0.717, 1.165) is 28.6 Å². The average Bonchev–Trinajstić information content (AvgIpc) is 2.57. The van der Waals surface area contributed by atoms with Gasteiger partial charge in [-0.25, -0.2) is 4.57 Å². The minimum absolute atomic E-state index is 0.0987. The molecular formula is C17H24BrO5P. The molecule has 7 heteroatoms. The number of rotatable bonds is 8. The van der Waals surface area contributed by atoms with Crippen LogP contribution in [-0.2, 0) is 18.1 Å². The Kier molecular flexibility index (Phi) is 7.35. The summed E-state index contributed by atoms with van der Waals surface area (Å²) in [6.45, 7) is 4.05. The topological polar surface area (TPSA) is 54.0 Å². The Bertz CT molecular complexity index is 621. The van der Waals surface area contributed by atoms with E-state index >= 15 is 0 Å². The lowest BCUT2D eigenvalue weighted by Gasteiger charge is -2.28. The highest BCUT2D eigenvalue weighted by atomic mass is 79.9. The predicted octanol–water partition coefficient (Wildman–Crippen LogP) is 5.77. The average molecular weight is 419 g/mol. The second-order valence-electron chi connectivity index (χ2n) is 5.33. The summed E-state index contributed by atoms with van der Waals surface area (Å²) in [6.07, 6.45) is 2.57. The van der Waals surface area contributed by atoms with E-state index < -0.39 is 7.82 Å². The fraction of sp³-hybridized carbons (Fsp3) is 0.529. The van der Waals surface area contributed by atoms with Gasteiger partial charge >= 0.3 is 7.82 Å². The van der Waals surface area contributed by atoms with E-state index in [9.17, 15) is 4.57 Å². The van der Waals surface area contributed by atoms with Gasteiger partial charge in [-0.15, -0.1) is 0 Å². The molecule has 0 aromatic heterocycles. The third kappa shape index (κ3) is 4.63. The van der Waals surface area contributed by atoms with Crippen molar-refractivity contribution >= 4 is 23.8 Å². The quantitative estimate of drug-likeness (QED) is 0.501. The number of hydrogen-bond donors (Lipinski definition) is 0. The highest BCUT2D eigenvalue weighted by molar-refractivity contribution is 9.11. The van der Waals surface area contributed by atoms with E-state index in [-0.39, 0.29) is 19.1 Å². The number of benzene rings is 1. The van der Waals surface area contributed by atoms with E-state index in [0.29, 0.717) is 12.2 Å². The number of phosphoric ester groups is 1. The van der Waals surface area contributed by atoms with Gasteiger partial charge in [0.25, 0.3) is 0 Å². The zero-order valence-corrected chi connectivity index (χ0v) is 16.8. The van der Waals surface area contributed by atoms with Crippen LogP contribution in [0.5, 0.6) is 5.75 Å². The summed E-state index contributed by atoms with van der Waals surface area (Å²) < 4.78 is 35.2. The molecule has 1 aliphatic rings. The van der Waals surface area contributed by atoms with Gasteiger partial charge in [-0.05, 0) is 32.8 Å². The van der Waals surface area contributed by atoms with Gasteiger partial charge in [-0.3, -0.25) is 9.05 Å². The smallest absolute Gasteiger partial charge is 0.496 e. The lowest BCUT2D eigenvalue weighted by atomic mass is 9.88. The molecule has 24 heavy (non-hydrogen) atoms. The zero-order valence-electron chi connectivity index (χ0n) is 14.3. The van der Waals surface area contributed by atoms with Crippen LogP contribution < -0.4 is 4.74 Å². The summed E-state index contributed by atoms with van der Waals surface area (Å²) >= 11 is 3.64. The van der Waals surface area contributed by atoms with Crippen LogP contribution in [0.2, 0.25) is 0 Å². The van der Waals surface area contributed by atoms with Gasteiger partial charge in [0.05, 0.1) is 20.3 Å². The molecule has 1 aromatic carbocycles. The van der Waals surface area contributed by atoms with Crippen LogP contribution in [-0.4, -0.2) is 20.3 Å². The number of hydrogen-bond acceptors (Lipinski definition) is 5. The molecule has 1 atom stereocenters. The monoisotopic (exact) mass is 418 g/mol. The van der Waals surface area contributed by atoms with Crippen molar-refractivity contribution in [2.75, 3.05) is 20.3 Å². The first-order valence-electron chi connectivity index (χ1n) is 8.14. The first kappa shape index (κ1) is 19.5. The summed E-state index contributed by atoms with van der Waals surface area (Å²) in [7, 11) is -1.92. The van der Waals surface area contributed by atoms with E-state index in [2.05, 4.69) is 15.9 Å². The molecule has 0 heterocycles. The number of allylic oxidation sites excluding steroid dienone is 2. The van der Waals surface area contributed by atoms with Crippen molar-refractivity contribution in [3.63, 3.8) is 0 Å². The van der Waals surface area contributed by atoms with Crippen molar-refractivity contribution in [3.05, 3.63) is 40.1 Å². The van der Waals surface area contributed by atoms with Crippen molar-refractivity contribution in [2.24, 2.45) is 0 Å². The Hall–Kier alpha value is -0.810. The van der Waals surface area contributed by atoms with Gasteiger partial charge in [0, 0.05) is 22.4 Å². The maximum Gasteiger partial charge on any atom is 0.529 e. The van der Waals surface area contributed by atoms with Gasteiger partial charge in [0.2, 0.25) is 0 Å². The number of para-hydroxylation sites is 1. The van der Waals surface area contributed by atoms with Crippen LogP contribution in [0.25, 0.3) is 0 Å². The van der Waals surface area contributed by atoms with Crippen LogP contribution >= 0.6 is 23.8 Å². The summed E-state index contributed by atoms with van der Waals surface area (Å²) in [4.78, 5) is 0. The fourth-order valence-corrected chi connectivity index (χ4v) is 4.94. The molecule has 0 fully saturated rings. The lowest BCUT2D eigenvalue weighted by Crippen LogP contribution is -2.11. The standard InChI is InChI=1S/C17H24BrO5P/c1-4-21-24(19,22-5-2)23-16-12-8-10-14(17(16)18)13-9-6-7-11-15(13)20-3/h6-7,9,11,14H,4-5,8,10,12H2,1-3H3. The molecule has 5 nitrogen and oxygen atoms in total. The Morgan fingerprint density at radius 1 is 1.21 bits per heavy atom. The Labute approximate surface area is 152 Å². The van der Waals surface area contributed by atoms with Gasteiger partial charge < -0.3 is 9.26 Å². The number of halogens is 1. The number of ether oxygens (including phenoxy) is 1. The van der Waals surface area contributed by atoms with Gasteiger partial charge in [0.1, 0.15) is 11.5 Å². The molecular weight excluding hydrogens is 395 g/mol. The molecule has 0 spiro atoms. The maximum absolute atomic E-state index is 12.6. The molecule has 0 bridgehead atoms. The van der Waals surface area contributed by atoms with E-state index in [4.69, 9.17) is 18.3 Å². The van der Waals surface area contributed by atoms with Crippen molar-refractivity contribution in [1.82, 2.24) is 0 Å². The van der Waals surface area contributed by atoms with Crippen LogP contribution in [0.15, 0.2) is 34.5 Å². The van der Waals surface area contributed by atoms with Gasteiger partial charge in [-0.1, -0.05) is 34.1 Å². The number of methoxy groups -OCH3 is 1. The Morgan fingerprint density at radius 3 is 2.50 bits per heavy atom. The fourth-order valence-electron chi connectivity index (χ4n) is 2.78. The second-order valence-corrected chi connectivity index (χ2v) is 7.78. The van der Waals surface area contributed by atoms with Gasteiger partial charge in [0.15, 0.2) is 0 Å².